The van der Waals surface area contributed by atoms with Crippen LogP contribution in [0.2, 0.25) is 0 Å². The predicted molar refractivity (Wildman–Crippen MR) is 53.6 cm³/mol. The molecule has 2 N–H and O–H groups in total. The number of ether oxygens (including phenoxy) is 1. The number of carbonyl (C=O) groups excluding carboxylic acids is 1. The number of esters is 1. The van der Waals surface area contributed by atoms with Gasteiger partial charge in [-0.05, 0) is 13.3 Å². The Kier molecular flexibility index (Phi) is 5.71. The van der Waals surface area contributed by atoms with Gasteiger partial charge in [0.05, 0.1) is 12.4 Å². The van der Waals surface area contributed by atoms with Crippen LogP contribution in [0.15, 0.2) is 0 Å². The minimum atomic E-state index is -3.41. The summed E-state index contributed by atoms with van der Waals surface area (Å²) in [4.78, 5) is 10.9. The summed E-state index contributed by atoms with van der Waals surface area (Å²) in [5.74, 6) is -1.45. The first-order valence-electron chi connectivity index (χ1n) is 4.53. The van der Waals surface area contributed by atoms with E-state index in [9.17, 15) is 13.2 Å². The molecule has 0 aliphatic rings. The van der Waals surface area contributed by atoms with Crippen LogP contribution in [0.5, 0.6) is 0 Å². The minimum absolute atomic E-state index is 0.164. The highest BCUT2D eigenvalue weighted by atomic mass is 32.2. The lowest BCUT2D eigenvalue weighted by Gasteiger charge is -2.08. The van der Waals surface area contributed by atoms with Crippen molar-refractivity contribution < 1.29 is 17.9 Å². The van der Waals surface area contributed by atoms with Gasteiger partial charge in [-0.1, -0.05) is 6.92 Å². The lowest BCUT2D eigenvalue weighted by molar-refractivity contribution is -0.139. The minimum Gasteiger partial charge on any atom is -0.465 e. The molecule has 0 heterocycles. The summed E-state index contributed by atoms with van der Waals surface area (Å²) in [6.45, 7) is 3.61. The molecule has 0 aromatic carbocycles. The molecule has 0 rings (SSSR count). The third-order valence-electron chi connectivity index (χ3n) is 1.64. The fraction of sp³-hybridized carbons (Fsp3) is 0.875. The van der Waals surface area contributed by atoms with Crippen LogP contribution in [-0.4, -0.2) is 38.5 Å². The molecule has 5 nitrogen and oxygen atoms in total. The molecule has 0 bridgehead atoms. The van der Waals surface area contributed by atoms with Gasteiger partial charge >= 0.3 is 5.97 Å². The Morgan fingerprint density at radius 1 is 1.43 bits per heavy atom. The Hall–Kier alpha value is -0.620. The summed E-state index contributed by atoms with van der Waals surface area (Å²) < 4.78 is 27.1. The molecule has 0 fully saturated rings. The summed E-state index contributed by atoms with van der Waals surface area (Å²) in [6.07, 6.45) is 0.571. The molecule has 14 heavy (non-hydrogen) atoms. The molecular weight excluding hydrogens is 206 g/mol. The summed E-state index contributed by atoms with van der Waals surface area (Å²) in [5.41, 5.74) is 5.48. The predicted octanol–water partition coefficient (Wildman–Crippen LogP) is -0.298. The van der Waals surface area contributed by atoms with Crippen molar-refractivity contribution >= 4 is 15.8 Å². The van der Waals surface area contributed by atoms with Gasteiger partial charge < -0.3 is 10.5 Å². The van der Waals surface area contributed by atoms with Gasteiger partial charge in [0, 0.05) is 6.04 Å². The van der Waals surface area contributed by atoms with Crippen LogP contribution < -0.4 is 5.73 Å². The summed E-state index contributed by atoms with van der Waals surface area (Å²) >= 11 is 0. The largest absolute Gasteiger partial charge is 0.465 e. The van der Waals surface area contributed by atoms with Crippen molar-refractivity contribution in [3.8, 4) is 0 Å². The van der Waals surface area contributed by atoms with Gasteiger partial charge in [0.2, 0.25) is 0 Å². The van der Waals surface area contributed by atoms with Gasteiger partial charge in [0.1, 0.15) is 5.75 Å². The third-order valence-corrected chi connectivity index (χ3v) is 3.25. The maximum absolute atomic E-state index is 11.3. The fourth-order valence-corrected chi connectivity index (χ4v) is 2.33. The van der Waals surface area contributed by atoms with Crippen LogP contribution in [0, 0.1) is 0 Å². The Morgan fingerprint density at radius 2 is 2.00 bits per heavy atom. The zero-order valence-electron chi connectivity index (χ0n) is 8.52. The quantitative estimate of drug-likeness (QED) is 0.625. The highest BCUT2D eigenvalue weighted by Gasteiger charge is 2.19. The Morgan fingerprint density at radius 3 is 2.43 bits per heavy atom. The molecule has 0 saturated carbocycles. The van der Waals surface area contributed by atoms with Gasteiger partial charge in [-0.25, -0.2) is 8.42 Å². The second-order valence-corrected chi connectivity index (χ2v) is 5.14. The van der Waals surface area contributed by atoms with E-state index in [2.05, 4.69) is 4.74 Å². The second kappa shape index (κ2) is 5.98. The summed E-state index contributed by atoms with van der Waals surface area (Å²) in [6, 6.07) is -0.408. The lowest BCUT2D eigenvalue weighted by atomic mass is 10.3. The number of sulfone groups is 1. The third kappa shape index (κ3) is 5.93. The topological polar surface area (TPSA) is 86.5 Å². The molecule has 84 valence electrons. The van der Waals surface area contributed by atoms with Crippen molar-refractivity contribution in [1.29, 1.82) is 0 Å². The summed E-state index contributed by atoms with van der Waals surface area (Å²) in [5, 5.41) is 0. The number of hydrogen-bond acceptors (Lipinski definition) is 5. The Labute approximate surface area is 84.5 Å². The van der Waals surface area contributed by atoms with Gasteiger partial charge in [-0.2, -0.15) is 0 Å². The van der Waals surface area contributed by atoms with Crippen LogP contribution in [0.3, 0.4) is 0 Å². The van der Waals surface area contributed by atoms with E-state index in [1.807, 2.05) is 0 Å². The molecule has 6 heteroatoms. The second-order valence-electron chi connectivity index (χ2n) is 3.03. The van der Waals surface area contributed by atoms with Crippen LogP contribution in [-0.2, 0) is 19.4 Å². The molecule has 0 aliphatic carbocycles. The van der Waals surface area contributed by atoms with E-state index in [0.29, 0.717) is 6.42 Å². The zero-order valence-corrected chi connectivity index (χ0v) is 9.34. The van der Waals surface area contributed by atoms with Crippen molar-refractivity contribution in [2.75, 3.05) is 18.1 Å². The van der Waals surface area contributed by atoms with E-state index in [0.717, 1.165) is 0 Å². The summed E-state index contributed by atoms with van der Waals surface area (Å²) in [7, 11) is -3.41. The van der Waals surface area contributed by atoms with Crippen molar-refractivity contribution in [2.45, 2.75) is 26.3 Å². The van der Waals surface area contributed by atoms with Crippen LogP contribution in [0.4, 0.5) is 0 Å². The number of hydrogen-bond donors (Lipinski definition) is 1. The van der Waals surface area contributed by atoms with Gasteiger partial charge in [0.15, 0.2) is 9.84 Å². The molecule has 0 radical (unpaired) electrons. The fourth-order valence-electron chi connectivity index (χ4n) is 0.885. The molecule has 0 aliphatic heterocycles. The van der Waals surface area contributed by atoms with E-state index in [-0.39, 0.29) is 12.4 Å². The van der Waals surface area contributed by atoms with Crippen LogP contribution in [0.1, 0.15) is 20.3 Å². The number of nitrogens with two attached hydrogens (primary N) is 1. The smallest absolute Gasteiger partial charge is 0.321 e. The van der Waals surface area contributed by atoms with Crippen molar-refractivity contribution in [2.24, 2.45) is 5.73 Å². The van der Waals surface area contributed by atoms with Crippen LogP contribution in [0.25, 0.3) is 0 Å². The molecule has 1 atom stereocenters. The van der Waals surface area contributed by atoms with Gasteiger partial charge in [-0.3, -0.25) is 4.79 Å². The molecular formula is C8H17NO4S. The molecule has 0 aromatic heterocycles. The number of carbonyl (C=O) groups is 1. The van der Waals surface area contributed by atoms with Gasteiger partial charge in [0.25, 0.3) is 0 Å². The van der Waals surface area contributed by atoms with Gasteiger partial charge in [-0.15, -0.1) is 0 Å². The lowest BCUT2D eigenvalue weighted by Crippen LogP contribution is -2.32. The van der Waals surface area contributed by atoms with Crippen LogP contribution >= 0.6 is 0 Å². The maximum Gasteiger partial charge on any atom is 0.321 e. The van der Waals surface area contributed by atoms with E-state index in [4.69, 9.17) is 5.73 Å². The molecule has 0 spiro atoms. The van der Waals surface area contributed by atoms with E-state index in [1.54, 1.807) is 13.8 Å². The molecule has 1 unspecified atom stereocenters. The average molecular weight is 223 g/mol. The van der Waals surface area contributed by atoms with Crippen molar-refractivity contribution in [1.82, 2.24) is 0 Å². The first-order chi connectivity index (χ1) is 6.41. The Bertz CT molecular complexity index is 273. The van der Waals surface area contributed by atoms with Crippen molar-refractivity contribution in [3.63, 3.8) is 0 Å². The molecule has 0 amide bonds. The Balaban J connectivity index is 4.14. The van der Waals surface area contributed by atoms with E-state index < -0.39 is 27.6 Å². The first kappa shape index (κ1) is 13.4. The highest BCUT2D eigenvalue weighted by molar-refractivity contribution is 7.92. The molecule has 0 aromatic rings. The van der Waals surface area contributed by atoms with E-state index in [1.165, 1.54) is 0 Å². The SMILES string of the molecule is CCOC(=O)CS(=O)(=O)CC(N)CC. The number of rotatable bonds is 6. The maximum atomic E-state index is 11.3. The standard InChI is InChI=1S/C8H17NO4S/c1-3-7(9)5-14(11,12)6-8(10)13-4-2/h7H,3-6,9H2,1-2H3. The average Bonchev–Trinajstić information content (AvgIpc) is 2.02. The van der Waals surface area contributed by atoms with E-state index >= 15 is 0 Å². The monoisotopic (exact) mass is 223 g/mol. The molecule has 0 saturated heterocycles. The van der Waals surface area contributed by atoms with Crippen molar-refractivity contribution in [3.05, 3.63) is 0 Å². The zero-order chi connectivity index (χ0) is 11.2. The normalized spacial score (nSPS) is 13.6. The highest BCUT2D eigenvalue weighted by Crippen LogP contribution is 1.97. The first-order valence-corrected chi connectivity index (χ1v) is 6.35.